The minimum atomic E-state index is -0.319. The number of para-hydroxylation sites is 2. The van der Waals surface area contributed by atoms with E-state index in [2.05, 4.69) is 15.5 Å². The van der Waals surface area contributed by atoms with Crippen LogP contribution in [0.5, 0.6) is 0 Å². The molecule has 2 aromatic carbocycles. The summed E-state index contributed by atoms with van der Waals surface area (Å²) in [5.74, 6) is 0. The van der Waals surface area contributed by atoms with Crippen molar-refractivity contribution in [2.75, 3.05) is 41.8 Å². The summed E-state index contributed by atoms with van der Waals surface area (Å²) < 4.78 is 5.38. The van der Waals surface area contributed by atoms with Crippen LogP contribution in [0.4, 0.5) is 21.9 Å². The van der Waals surface area contributed by atoms with Gasteiger partial charge in [0.2, 0.25) is 0 Å². The van der Waals surface area contributed by atoms with E-state index in [1.807, 2.05) is 30.3 Å². The Kier molecular flexibility index (Phi) is 4.94. The molecule has 1 aliphatic heterocycles. The van der Waals surface area contributed by atoms with E-state index >= 15 is 0 Å². The number of hydrogen-bond acceptors (Lipinski definition) is 4. The summed E-state index contributed by atoms with van der Waals surface area (Å²) in [4.78, 5) is 14.4. The minimum Gasteiger partial charge on any atom is -0.378 e. The standard InChI is InChI=1S/C18H18N4O2/c19-13-14-5-7-15(8-6-14)20-18(23)21-16-3-1-2-4-17(16)22-9-11-24-12-10-22/h1-8H,9-12H2,(H2,20,21,23). The van der Waals surface area contributed by atoms with Gasteiger partial charge in [-0.05, 0) is 36.4 Å². The molecular formula is C18H18N4O2. The molecule has 2 N–H and O–H groups in total. The topological polar surface area (TPSA) is 77.4 Å². The fourth-order valence-electron chi connectivity index (χ4n) is 2.57. The molecule has 3 rings (SSSR count). The maximum Gasteiger partial charge on any atom is 0.323 e. The van der Waals surface area contributed by atoms with Crippen molar-refractivity contribution in [2.24, 2.45) is 0 Å². The lowest BCUT2D eigenvalue weighted by Gasteiger charge is -2.30. The van der Waals surface area contributed by atoms with E-state index in [0.717, 1.165) is 24.5 Å². The van der Waals surface area contributed by atoms with E-state index in [1.54, 1.807) is 24.3 Å². The number of benzene rings is 2. The van der Waals surface area contributed by atoms with Gasteiger partial charge >= 0.3 is 6.03 Å². The molecule has 1 fully saturated rings. The highest BCUT2D eigenvalue weighted by Gasteiger charge is 2.15. The zero-order valence-corrected chi connectivity index (χ0v) is 13.2. The van der Waals surface area contributed by atoms with Crippen LogP contribution in [0.15, 0.2) is 48.5 Å². The van der Waals surface area contributed by atoms with Crippen LogP contribution < -0.4 is 15.5 Å². The Balaban J connectivity index is 1.68. The summed E-state index contributed by atoms with van der Waals surface area (Å²) in [6.45, 7) is 2.98. The van der Waals surface area contributed by atoms with Crippen LogP contribution in [-0.4, -0.2) is 32.3 Å². The lowest BCUT2D eigenvalue weighted by molar-refractivity contribution is 0.123. The first-order valence-electron chi connectivity index (χ1n) is 7.76. The molecule has 0 aliphatic carbocycles. The summed E-state index contributed by atoms with van der Waals surface area (Å²) >= 11 is 0. The molecule has 24 heavy (non-hydrogen) atoms. The monoisotopic (exact) mass is 322 g/mol. The summed E-state index contributed by atoms with van der Waals surface area (Å²) in [7, 11) is 0. The van der Waals surface area contributed by atoms with Crippen molar-refractivity contribution in [3.63, 3.8) is 0 Å². The van der Waals surface area contributed by atoms with Gasteiger partial charge in [0.1, 0.15) is 0 Å². The van der Waals surface area contributed by atoms with Crippen molar-refractivity contribution in [1.29, 1.82) is 5.26 Å². The van der Waals surface area contributed by atoms with Gasteiger partial charge in [-0.3, -0.25) is 0 Å². The number of anilines is 3. The molecule has 0 aromatic heterocycles. The zero-order chi connectivity index (χ0) is 16.8. The van der Waals surface area contributed by atoms with Crippen LogP contribution in [0.2, 0.25) is 0 Å². The molecule has 1 saturated heterocycles. The molecule has 1 aliphatic rings. The van der Waals surface area contributed by atoms with Crippen LogP contribution in [0.25, 0.3) is 0 Å². The SMILES string of the molecule is N#Cc1ccc(NC(=O)Nc2ccccc2N2CCOCC2)cc1. The van der Waals surface area contributed by atoms with Crippen LogP contribution in [0.1, 0.15) is 5.56 Å². The lowest BCUT2D eigenvalue weighted by Crippen LogP contribution is -2.36. The maximum atomic E-state index is 12.2. The second-order valence-electron chi connectivity index (χ2n) is 5.38. The van der Waals surface area contributed by atoms with Gasteiger partial charge in [-0.2, -0.15) is 5.26 Å². The second kappa shape index (κ2) is 7.49. The van der Waals surface area contributed by atoms with Gasteiger partial charge in [0.25, 0.3) is 0 Å². The third-order valence-electron chi connectivity index (χ3n) is 3.78. The highest BCUT2D eigenvalue weighted by atomic mass is 16.5. The van der Waals surface area contributed by atoms with Crippen molar-refractivity contribution in [3.8, 4) is 6.07 Å². The van der Waals surface area contributed by atoms with Crippen LogP contribution in [0, 0.1) is 11.3 Å². The Labute approximate surface area is 140 Å². The number of amides is 2. The number of ether oxygens (including phenoxy) is 1. The number of nitrogens with zero attached hydrogens (tertiary/aromatic N) is 2. The first kappa shape index (κ1) is 15.8. The minimum absolute atomic E-state index is 0.319. The van der Waals surface area contributed by atoms with Gasteiger partial charge in [-0.1, -0.05) is 12.1 Å². The molecule has 6 nitrogen and oxygen atoms in total. The molecule has 0 bridgehead atoms. The van der Waals surface area contributed by atoms with Gasteiger partial charge in [-0.15, -0.1) is 0 Å². The van der Waals surface area contributed by atoms with Crippen LogP contribution in [-0.2, 0) is 4.74 Å². The van der Waals surface area contributed by atoms with Crippen molar-refractivity contribution in [2.45, 2.75) is 0 Å². The smallest absolute Gasteiger partial charge is 0.323 e. The average Bonchev–Trinajstić information content (AvgIpc) is 2.63. The Morgan fingerprint density at radius 1 is 1.04 bits per heavy atom. The quantitative estimate of drug-likeness (QED) is 0.910. The molecule has 2 amide bonds. The van der Waals surface area contributed by atoms with Gasteiger partial charge in [0.05, 0.1) is 36.2 Å². The molecule has 122 valence electrons. The number of carbonyl (C=O) groups excluding carboxylic acids is 1. The van der Waals surface area contributed by atoms with Crippen LogP contribution >= 0.6 is 0 Å². The van der Waals surface area contributed by atoms with Crippen LogP contribution in [0.3, 0.4) is 0 Å². The van der Waals surface area contributed by atoms with Gasteiger partial charge < -0.3 is 20.3 Å². The van der Waals surface area contributed by atoms with Gasteiger partial charge in [0, 0.05) is 18.8 Å². The number of hydrogen-bond donors (Lipinski definition) is 2. The molecule has 6 heteroatoms. The molecular weight excluding hydrogens is 304 g/mol. The second-order valence-corrected chi connectivity index (χ2v) is 5.38. The van der Waals surface area contributed by atoms with E-state index in [9.17, 15) is 4.79 Å². The molecule has 0 atom stereocenters. The zero-order valence-electron chi connectivity index (χ0n) is 13.2. The summed E-state index contributed by atoms with van der Waals surface area (Å²) in [5, 5.41) is 14.5. The predicted octanol–water partition coefficient (Wildman–Crippen LogP) is 3.04. The number of carbonyl (C=O) groups is 1. The Bertz CT molecular complexity index is 746. The normalized spacial score (nSPS) is 13.9. The number of nitriles is 1. The van der Waals surface area contributed by atoms with E-state index in [1.165, 1.54) is 0 Å². The molecule has 0 saturated carbocycles. The van der Waals surface area contributed by atoms with Crippen molar-refractivity contribution < 1.29 is 9.53 Å². The summed E-state index contributed by atoms with van der Waals surface area (Å²) in [5.41, 5.74) is 2.93. The Morgan fingerprint density at radius 3 is 2.46 bits per heavy atom. The largest absolute Gasteiger partial charge is 0.378 e. The Hall–Kier alpha value is -3.04. The molecule has 2 aromatic rings. The molecule has 0 radical (unpaired) electrons. The maximum absolute atomic E-state index is 12.2. The first-order chi connectivity index (χ1) is 11.8. The molecule has 0 spiro atoms. The fourth-order valence-corrected chi connectivity index (χ4v) is 2.57. The first-order valence-corrected chi connectivity index (χ1v) is 7.76. The number of nitrogens with one attached hydrogen (secondary N) is 2. The van der Waals surface area contributed by atoms with Crippen molar-refractivity contribution in [1.82, 2.24) is 0 Å². The number of urea groups is 1. The third-order valence-corrected chi connectivity index (χ3v) is 3.78. The molecule has 1 heterocycles. The number of rotatable bonds is 3. The average molecular weight is 322 g/mol. The lowest BCUT2D eigenvalue weighted by atomic mass is 10.2. The third kappa shape index (κ3) is 3.83. The van der Waals surface area contributed by atoms with E-state index in [-0.39, 0.29) is 6.03 Å². The van der Waals surface area contributed by atoms with Gasteiger partial charge in [-0.25, -0.2) is 4.79 Å². The van der Waals surface area contributed by atoms with E-state index in [4.69, 9.17) is 10.00 Å². The highest BCUT2D eigenvalue weighted by Crippen LogP contribution is 2.26. The Morgan fingerprint density at radius 2 is 1.75 bits per heavy atom. The summed E-state index contributed by atoms with van der Waals surface area (Å²) in [6, 6.07) is 16.2. The predicted molar refractivity (Wildman–Crippen MR) is 93.3 cm³/mol. The fraction of sp³-hybridized carbons (Fsp3) is 0.222. The molecule has 0 unspecified atom stereocenters. The van der Waals surface area contributed by atoms with E-state index in [0.29, 0.717) is 24.5 Å². The highest BCUT2D eigenvalue weighted by molar-refractivity contribution is 6.01. The number of morpholine rings is 1. The van der Waals surface area contributed by atoms with E-state index < -0.39 is 0 Å². The summed E-state index contributed by atoms with van der Waals surface area (Å²) in [6.07, 6.45) is 0. The van der Waals surface area contributed by atoms with Crippen molar-refractivity contribution in [3.05, 3.63) is 54.1 Å². The van der Waals surface area contributed by atoms with Gasteiger partial charge in [0.15, 0.2) is 0 Å². The van der Waals surface area contributed by atoms with Crippen molar-refractivity contribution >= 4 is 23.1 Å².